The van der Waals surface area contributed by atoms with Crippen molar-refractivity contribution in [1.82, 2.24) is 9.78 Å². The molecule has 0 N–H and O–H groups in total. The maximum absolute atomic E-state index is 12.7. The predicted octanol–water partition coefficient (Wildman–Crippen LogP) is 3.78. The highest BCUT2D eigenvalue weighted by Crippen LogP contribution is 2.59. The minimum absolute atomic E-state index is 0.0819. The zero-order chi connectivity index (χ0) is 16.2. The van der Waals surface area contributed by atoms with E-state index in [1.807, 2.05) is 6.92 Å². The Balaban J connectivity index is 1.77. The molecule has 8 heteroatoms. The Morgan fingerprint density at radius 2 is 2.14 bits per heavy atom. The number of hydrogen-bond donors (Lipinski definition) is 0. The van der Waals surface area contributed by atoms with Crippen LogP contribution in [0.5, 0.6) is 5.88 Å². The summed E-state index contributed by atoms with van der Waals surface area (Å²) in [5.74, 6) is 0.116. The molecule has 1 aromatic heterocycles. The summed E-state index contributed by atoms with van der Waals surface area (Å²) in [5, 5.41) is 3.83. The molecule has 1 aromatic rings. The Hall–Kier alpha value is -1.73. The summed E-state index contributed by atoms with van der Waals surface area (Å²) in [6.07, 6.45) is -1.57. The second kappa shape index (κ2) is 6.58. The maximum atomic E-state index is 12.7. The molecule has 0 atom stereocenters. The molecular weight excluding hydrogens is 301 g/mol. The Labute approximate surface area is 126 Å². The predicted molar refractivity (Wildman–Crippen MR) is 71.7 cm³/mol. The molecule has 1 heterocycles. The van der Waals surface area contributed by atoms with Crippen LogP contribution in [-0.4, -0.2) is 35.3 Å². The van der Waals surface area contributed by atoms with Crippen LogP contribution in [0.4, 0.5) is 18.0 Å². The van der Waals surface area contributed by atoms with E-state index in [9.17, 15) is 18.0 Å². The Bertz CT molecular complexity index is 510. The van der Waals surface area contributed by atoms with Crippen molar-refractivity contribution >= 4 is 6.09 Å². The molecule has 0 aliphatic heterocycles. The van der Waals surface area contributed by atoms with Crippen molar-refractivity contribution in [2.45, 2.75) is 45.2 Å². The number of carbonyl (C=O) groups excluding carboxylic acids is 1. The van der Waals surface area contributed by atoms with Crippen molar-refractivity contribution in [3.8, 4) is 5.88 Å². The number of rotatable bonds is 7. The van der Waals surface area contributed by atoms with Gasteiger partial charge in [0, 0.05) is 12.3 Å². The fraction of sp³-hybridized carbons (Fsp3) is 0.714. The number of ether oxygens (including phenoxy) is 2. The van der Waals surface area contributed by atoms with Gasteiger partial charge in [-0.1, -0.05) is 13.3 Å². The van der Waals surface area contributed by atoms with Crippen LogP contribution in [-0.2, 0) is 4.74 Å². The lowest BCUT2D eigenvalue weighted by molar-refractivity contribution is -0.190. The highest BCUT2D eigenvalue weighted by molar-refractivity contribution is 5.69. The van der Waals surface area contributed by atoms with E-state index in [-0.39, 0.29) is 31.7 Å². The van der Waals surface area contributed by atoms with E-state index in [4.69, 9.17) is 9.47 Å². The van der Waals surface area contributed by atoms with Gasteiger partial charge in [-0.2, -0.15) is 17.9 Å². The van der Waals surface area contributed by atoms with Crippen LogP contribution < -0.4 is 4.74 Å². The molecule has 2 rings (SSSR count). The zero-order valence-electron chi connectivity index (χ0n) is 12.4. The van der Waals surface area contributed by atoms with E-state index in [0.717, 1.165) is 17.5 Å². The lowest BCUT2D eigenvalue weighted by Gasteiger charge is -2.18. The molecule has 5 nitrogen and oxygen atoms in total. The van der Waals surface area contributed by atoms with Gasteiger partial charge in [0.2, 0.25) is 5.88 Å². The van der Waals surface area contributed by atoms with Gasteiger partial charge in [0.25, 0.3) is 0 Å². The molecule has 0 unspecified atom stereocenters. The van der Waals surface area contributed by atoms with Crippen molar-refractivity contribution < 1.29 is 27.4 Å². The number of nitrogens with zero attached hydrogens (tertiary/aromatic N) is 2. The van der Waals surface area contributed by atoms with E-state index in [1.54, 1.807) is 0 Å². The van der Waals surface area contributed by atoms with Crippen LogP contribution in [0.2, 0.25) is 0 Å². The quantitative estimate of drug-likeness (QED) is 0.718. The van der Waals surface area contributed by atoms with E-state index < -0.39 is 17.7 Å². The van der Waals surface area contributed by atoms with Crippen LogP contribution in [0.25, 0.3) is 0 Å². The average Bonchev–Trinajstić information content (AvgIpc) is 3.10. The van der Waals surface area contributed by atoms with E-state index in [1.165, 1.54) is 12.3 Å². The highest BCUT2D eigenvalue weighted by Gasteiger charge is 2.62. The third kappa shape index (κ3) is 3.92. The van der Waals surface area contributed by atoms with E-state index >= 15 is 0 Å². The molecular formula is C14H19F3N2O3. The maximum Gasteiger partial charge on any atom is 0.434 e. The second-order valence-corrected chi connectivity index (χ2v) is 5.44. The molecule has 0 bridgehead atoms. The number of alkyl halides is 3. The molecule has 1 aliphatic rings. The van der Waals surface area contributed by atoms with Crippen molar-refractivity contribution in [2.24, 2.45) is 5.41 Å². The van der Waals surface area contributed by atoms with Gasteiger partial charge in [-0.05, 0) is 25.7 Å². The number of aromatic nitrogens is 2. The molecule has 0 amide bonds. The van der Waals surface area contributed by atoms with Gasteiger partial charge in [-0.15, -0.1) is 5.10 Å². The summed E-state index contributed by atoms with van der Waals surface area (Å²) >= 11 is 0. The molecule has 1 aliphatic carbocycles. The normalized spacial score (nSPS) is 16.4. The van der Waals surface area contributed by atoms with E-state index in [2.05, 4.69) is 5.10 Å². The van der Waals surface area contributed by atoms with Crippen LogP contribution in [0, 0.1) is 5.41 Å². The molecule has 22 heavy (non-hydrogen) atoms. The molecule has 0 saturated heterocycles. The van der Waals surface area contributed by atoms with E-state index in [0.29, 0.717) is 6.61 Å². The van der Waals surface area contributed by atoms with Crippen LogP contribution >= 0.6 is 0 Å². The first-order chi connectivity index (χ1) is 10.4. The average molecular weight is 320 g/mol. The van der Waals surface area contributed by atoms with Crippen molar-refractivity contribution in [3.05, 3.63) is 12.3 Å². The smallest absolute Gasteiger partial charge is 0.434 e. The number of carbonyl (C=O) groups is 1. The zero-order valence-corrected chi connectivity index (χ0v) is 12.4. The lowest BCUT2D eigenvalue weighted by Crippen LogP contribution is -2.26. The van der Waals surface area contributed by atoms with Gasteiger partial charge in [0.15, 0.2) is 0 Å². The summed E-state index contributed by atoms with van der Waals surface area (Å²) in [7, 11) is 0. The monoisotopic (exact) mass is 320 g/mol. The van der Waals surface area contributed by atoms with Gasteiger partial charge < -0.3 is 9.47 Å². The summed E-state index contributed by atoms with van der Waals surface area (Å²) in [4.78, 5) is 11.6. The van der Waals surface area contributed by atoms with Gasteiger partial charge in [0.05, 0.1) is 18.6 Å². The largest absolute Gasteiger partial charge is 0.477 e. The molecule has 0 aromatic carbocycles. The summed E-state index contributed by atoms with van der Waals surface area (Å²) in [6, 6.07) is 1.42. The molecule has 1 fully saturated rings. The molecule has 1 saturated carbocycles. The third-order valence-electron chi connectivity index (χ3n) is 3.76. The topological polar surface area (TPSA) is 53.4 Å². The third-order valence-corrected chi connectivity index (χ3v) is 3.76. The number of unbranched alkanes of at least 4 members (excludes halogenated alkanes) is 1. The molecule has 0 radical (unpaired) electrons. The highest BCUT2D eigenvalue weighted by atomic mass is 19.4. The lowest BCUT2D eigenvalue weighted by atomic mass is 10.0. The molecule has 124 valence electrons. The van der Waals surface area contributed by atoms with Crippen LogP contribution in [0.15, 0.2) is 12.3 Å². The van der Waals surface area contributed by atoms with Crippen molar-refractivity contribution in [3.63, 3.8) is 0 Å². The number of halogens is 3. The minimum Gasteiger partial charge on any atom is -0.477 e. The SMILES string of the molecule is CCCCOC(=O)n1ccc(OCCC2(C(F)(F)F)CC2)n1. The Morgan fingerprint density at radius 1 is 1.41 bits per heavy atom. The second-order valence-electron chi connectivity index (χ2n) is 5.44. The fourth-order valence-corrected chi connectivity index (χ4v) is 2.03. The van der Waals surface area contributed by atoms with Crippen molar-refractivity contribution in [1.29, 1.82) is 0 Å². The van der Waals surface area contributed by atoms with Crippen LogP contribution in [0.1, 0.15) is 39.0 Å². The van der Waals surface area contributed by atoms with Gasteiger partial charge >= 0.3 is 12.3 Å². The van der Waals surface area contributed by atoms with Crippen LogP contribution in [0.3, 0.4) is 0 Å². The first kappa shape index (κ1) is 16.6. The minimum atomic E-state index is -4.18. The van der Waals surface area contributed by atoms with Gasteiger partial charge in [-0.25, -0.2) is 4.79 Å². The Kier molecular flexibility index (Phi) is 4.97. The van der Waals surface area contributed by atoms with Gasteiger partial charge in [0.1, 0.15) is 0 Å². The first-order valence-electron chi connectivity index (χ1n) is 7.30. The first-order valence-corrected chi connectivity index (χ1v) is 7.30. The summed E-state index contributed by atoms with van der Waals surface area (Å²) < 4.78 is 49.3. The summed E-state index contributed by atoms with van der Waals surface area (Å²) in [6.45, 7) is 2.20. The van der Waals surface area contributed by atoms with Gasteiger partial charge in [-0.3, -0.25) is 0 Å². The van der Waals surface area contributed by atoms with Crippen molar-refractivity contribution in [2.75, 3.05) is 13.2 Å². The standard InChI is InChI=1S/C14H19F3N2O3/c1-2-3-9-22-12(20)19-8-4-11(18-19)21-10-7-13(5-6-13)14(15,16)17/h4,8H,2-3,5-7,9-10H2,1H3. The Morgan fingerprint density at radius 3 is 2.73 bits per heavy atom. The summed E-state index contributed by atoms with van der Waals surface area (Å²) in [5.41, 5.74) is -1.59. The molecule has 0 spiro atoms. The number of hydrogen-bond acceptors (Lipinski definition) is 4. The fourth-order valence-electron chi connectivity index (χ4n) is 2.03.